The molecule has 1 aliphatic heterocycles. The number of carboxylic acid groups (broad SMARTS) is 1. The van der Waals surface area contributed by atoms with E-state index in [2.05, 4.69) is 5.28 Å². The Hall–Kier alpha value is -3.17. The summed E-state index contributed by atoms with van der Waals surface area (Å²) in [6, 6.07) is 6.35. The highest BCUT2D eigenvalue weighted by molar-refractivity contribution is 6.21. The molecule has 0 unspecified atom stereocenters. The van der Waals surface area contributed by atoms with Crippen LogP contribution in [0.2, 0.25) is 0 Å². The summed E-state index contributed by atoms with van der Waals surface area (Å²) in [5.74, 6) is -1.99. The SMILES string of the molecule is CN(CCCC(=O)O)/[N+]([O-])=N/OCN1C(=O)c2ccccc2C1=O. The molecule has 0 atom stereocenters. The number of rotatable bonds is 8. The fourth-order valence-electron chi connectivity index (χ4n) is 2.10. The molecule has 0 spiro atoms. The maximum absolute atomic E-state index is 12.0. The Kier molecular flexibility index (Phi) is 5.30. The Morgan fingerprint density at radius 2 is 1.92 bits per heavy atom. The van der Waals surface area contributed by atoms with Crippen molar-refractivity contribution in [3.8, 4) is 0 Å². The number of amides is 2. The third-order valence-electron chi connectivity index (χ3n) is 3.36. The number of imide groups is 1. The number of carbonyl (C=O) groups excluding carboxylic acids is 2. The van der Waals surface area contributed by atoms with Gasteiger partial charge in [-0.05, 0) is 18.6 Å². The third kappa shape index (κ3) is 3.77. The number of aliphatic carboxylic acids is 1. The zero-order valence-electron chi connectivity index (χ0n) is 12.9. The topological polar surface area (TPSA) is 126 Å². The second-order valence-electron chi connectivity index (χ2n) is 5.06. The quantitative estimate of drug-likeness (QED) is 0.323. The molecule has 0 saturated heterocycles. The van der Waals surface area contributed by atoms with Crippen molar-refractivity contribution in [3.05, 3.63) is 40.6 Å². The Morgan fingerprint density at radius 1 is 1.33 bits per heavy atom. The minimum atomic E-state index is -0.959. The summed E-state index contributed by atoms with van der Waals surface area (Å²) >= 11 is 0. The molecule has 10 heteroatoms. The fourth-order valence-corrected chi connectivity index (χ4v) is 2.10. The molecule has 10 nitrogen and oxygen atoms in total. The van der Waals surface area contributed by atoms with E-state index in [0.29, 0.717) is 0 Å². The number of carboxylic acids is 1. The minimum absolute atomic E-state index is 0.0753. The van der Waals surface area contributed by atoms with Crippen LogP contribution < -0.4 is 0 Å². The normalized spacial score (nSPS) is 13.9. The highest BCUT2D eigenvalue weighted by Gasteiger charge is 2.35. The van der Waals surface area contributed by atoms with E-state index in [1.54, 1.807) is 12.1 Å². The van der Waals surface area contributed by atoms with Crippen LogP contribution in [0.5, 0.6) is 0 Å². The van der Waals surface area contributed by atoms with E-state index in [1.165, 1.54) is 19.2 Å². The Morgan fingerprint density at radius 3 is 2.46 bits per heavy atom. The van der Waals surface area contributed by atoms with Gasteiger partial charge in [0.2, 0.25) is 12.0 Å². The lowest BCUT2D eigenvalue weighted by atomic mass is 10.1. The lowest BCUT2D eigenvalue weighted by Crippen LogP contribution is -2.32. The molecule has 0 saturated carbocycles. The van der Waals surface area contributed by atoms with Gasteiger partial charge < -0.3 is 15.2 Å². The highest BCUT2D eigenvalue weighted by atomic mass is 16.7. The third-order valence-corrected chi connectivity index (χ3v) is 3.36. The van der Waals surface area contributed by atoms with Crippen LogP contribution >= 0.6 is 0 Å². The van der Waals surface area contributed by atoms with Crippen LogP contribution in [0.4, 0.5) is 0 Å². The van der Waals surface area contributed by atoms with E-state index in [4.69, 9.17) is 9.94 Å². The van der Waals surface area contributed by atoms with Gasteiger partial charge in [0.15, 0.2) is 0 Å². The van der Waals surface area contributed by atoms with Crippen LogP contribution in [-0.4, -0.2) is 58.1 Å². The lowest BCUT2D eigenvalue weighted by Gasteiger charge is -2.13. The van der Waals surface area contributed by atoms with Gasteiger partial charge in [-0.2, -0.15) is 0 Å². The highest BCUT2D eigenvalue weighted by Crippen LogP contribution is 2.22. The van der Waals surface area contributed by atoms with Crippen molar-refractivity contribution in [1.29, 1.82) is 0 Å². The standard InChI is InChI=1S/C14H16N4O6/c1-16(8-4-7-12(19)20)18(23)15-24-9-17-13(21)10-5-2-3-6-11(10)14(17)22/h2-3,5-6H,4,7-9H2,1H3,(H,19,20)/b18-15-. The van der Waals surface area contributed by atoms with Crippen molar-refractivity contribution >= 4 is 17.8 Å². The van der Waals surface area contributed by atoms with Crippen LogP contribution in [0, 0.1) is 5.21 Å². The van der Waals surface area contributed by atoms with Crippen molar-refractivity contribution < 1.29 is 29.3 Å². The first-order valence-electron chi connectivity index (χ1n) is 7.10. The number of nitrogens with zero attached hydrogens (tertiary/aromatic N) is 4. The van der Waals surface area contributed by atoms with Crippen LogP contribution in [0.1, 0.15) is 33.6 Å². The molecule has 128 valence electrons. The van der Waals surface area contributed by atoms with Crippen LogP contribution in [0.3, 0.4) is 0 Å². The second kappa shape index (κ2) is 7.40. The van der Waals surface area contributed by atoms with E-state index in [0.717, 1.165) is 9.91 Å². The Balaban J connectivity index is 1.86. The molecule has 0 bridgehead atoms. The van der Waals surface area contributed by atoms with E-state index in [1.807, 2.05) is 0 Å². The molecule has 1 heterocycles. The molecule has 0 fully saturated rings. The summed E-state index contributed by atoms with van der Waals surface area (Å²) in [5, 5.41) is 24.4. The van der Waals surface area contributed by atoms with Gasteiger partial charge in [-0.25, -0.2) is 4.90 Å². The number of fused-ring (bicyclic) bond motifs is 1. The number of hydrogen-bond donors (Lipinski definition) is 1. The van der Waals surface area contributed by atoms with Crippen molar-refractivity contribution in [3.63, 3.8) is 0 Å². The van der Waals surface area contributed by atoms with Gasteiger partial charge >= 0.3 is 5.97 Å². The summed E-state index contributed by atoms with van der Waals surface area (Å²) in [6.07, 6.45) is 0.187. The molecular weight excluding hydrogens is 320 g/mol. The van der Waals surface area contributed by atoms with Gasteiger partial charge in [0.1, 0.15) is 0 Å². The average Bonchev–Trinajstić information content (AvgIpc) is 2.79. The van der Waals surface area contributed by atoms with Gasteiger partial charge in [-0.1, -0.05) is 12.1 Å². The monoisotopic (exact) mass is 336 g/mol. The summed E-state index contributed by atoms with van der Waals surface area (Å²) < 4.78 is 0. The number of carbonyl (C=O) groups is 3. The van der Waals surface area contributed by atoms with Crippen molar-refractivity contribution in [1.82, 2.24) is 9.91 Å². The van der Waals surface area contributed by atoms with Crippen LogP contribution in [0.25, 0.3) is 0 Å². The summed E-state index contributed by atoms with van der Waals surface area (Å²) in [4.78, 5) is 40.2. The maximum atomic E-state index is 12.0. The van der Waals surface area contributed by atoms with Gasteiger partial charge in [0.25, 0.3) is 11.8 Å². The summed E-state index contributed by atoms with van der Waals surface area (Å²) in [5.41, 5.74) is 0.548. The van der Waals surface area contributed by atoms with E-state index in [-0.39, 0.29) is 35.5 Å². The van der Waals surface area contributed by atoms with Crippen molar-refractivity contribution in [2.24, 2.45) is 5.28 Å². The van der Waals surface area contributed by atoms with E-state index in [9.17, 15) is 19.6 Å². The zero-order chi connectivity index (χ0) is 17.7. The minimum Gasteiger partial charge on any atom is -0.569 e. The molecule has 0 radical (unpaired) electrons. The predicted octanol–water partition coefficient (Wildman–Crippen LogP) is 0.846. The maximum Gasteiger partial charge on any atom is 0.303 e. The van der Waals surface area contributed by atoms with Crippen LogP contribution in [0.15, 0.2) is 29.5 Å². The van der Waals surface area contributed by atoms with Gasteiger partial charge in [0, 0.05) is 6.42 Å². The molecule has 24 heavy (non-hydrogen) atoms. The Labute approximate surface area is 137 Å². The van der Waals surface area contributed by atoms with Crippen molar-refractivity contribution in [2.45, 2.75) is 12.8 Å². The summed E-state index contributed by atoms with van der Waals surface area (Å²) in [7, 11) is 1.41. The first kappa shape index (κ1) is 17.2. The molecule has 1 aromatic rings. The predicted molar refractivity (Wildman–Crippen MR) is 78.4 cm³/mol. The molecule has 0 aromatic heterocycles. The van der Waals surface area contributed by atoms with E-state index < -0.39 is 24.5 Å². The van der Waals surface area contributed by atoms with Gasteiger partial charge in [0.05, 0.1) is 29.7 Å². The van der Waals surface area contributed by atoms with Crippen LogP contribution in [-0.2, 0) is 9.63 Å². The molecule has 1 aromatic carbocycles. The molecule has 1 N–H and O–H groups in total. The molecule has 0 aliphatic carbocycles. The van der Waals surface area contributed by atoms with E-state index >= 15 is 0 Å². The molecular formula is C14H16N4O6. The zero-order valence-corrected chi connectivity index (χ0v) is 12.9. The Bertz CT molecular complexity index is 655. The largest absolute Gasteiger partial charge is 0.569 e. The second-order valence-corrected chi connectivity index (χ2v) is 5.06. The van der Waals surface area contributed by atoms with Gasteiger partial charge in [-0.3, -0.25) is 14.4 Å². The van der Waals surface area contributed by atoms with Crippen molar-refractivity contribution in [2.75, 3.05) is 20.3 Å². The summed E-state index contributed by atoms with van der Waals surface area (Å²) in [6.45, 7) is -0.330. The van der Waals surface area contributed by atoms with Gasteiger partial charge in [-0.15, -0.1) is 5.01 Å². The molecule has 2 rings (SSSR count). The first-order chi connectivity index (χ1) is 11.4. The number of hydrogen-bond acceptors (Lipinski definition) is 6. The average molecular weight is 336 g/mol. The number of hydrazine groups is 1. The smallest absolute Gasteiger partial charge is 0.303 e. The lowest BCUT2D eigenvalue weighted by molar-refractivity contribution is -0.705. The fraction of sp³-hybridized carbons (Fsp3) is 0.357. The number of benzene rings is 1. The molecule has 1 aliphatic rings. The first-order valence-corrected chi connectivity index (χ1v) is 7.10. The molecule has 2 amide bonds.